The molecule has 0 spiro atoms. The first-order valence-corrected chi connectivity index (χ1v) is 9.29. The second-order valence-corrected chi connectivity index (χ2v) is 6.87. The van der Waals surface area contributed by atoms with Crippen molar-refractivity contribution in [1.29, 1.82) is 0 Å². The number of fused-ring (bicyclic) bond motifs is 1. The zero-order valence-corrected chi connectivity index (χ0v) is 16.7. The van der Waals surface area contributed by atoms with Crippen LogP contribution in [-0.4, -0.2) is 33.5 Å². The second-order valence-electron chi connectivity index (χ2n) is 6.87. The fraction of sp³-hybridized carbons (Fsp3) is 0.333. The molecule has 2 amide bonds. The highest BCUT2D eigenvalue weighted by atomic mass is 16.2. The fourth-order valence-electron chi connectivity index (χ4n) is 3.30. The van der Waals surface area contributed by atoms with E-state index in [2.05, 4.69) is 20.7 Å². The Balaban J connectivity index is 1.62. The van der Waals surface area contributed by atoms with Gasteiger partial charge in [0, 0.05) is 43.0 Å². The summed E-state index contributed by atoms with van der Waals surface area (Å²) >= 11 is 0. The summed E-state index contributed by atoms with van der Waals surface area (Å²) < 4.78 is 1.83. The quantitative estimate of drug-likeness (QED) is 0.688. The van der Waals surface area contributed by atoms with Crippen LogP contribution in [0.3, 0.4) is 0 Å². The maximum absolute atomic E-state index is 12.3. The molecule has 0 aliphatic rings. The predicted octanol–water partition coefficient (Wildman–Crippen LogP) is 2.26. The summed E-state index contributed by atoms with van der Waals surface area (Å²) in [4.78, 5) is 28.6. The molecule has 0 atom stereocenters. The van der Waals surface area contributed by atoms with Crippen molar-refractivity contribution >= 4 is 17.5 Å². The van der Waals surface area contributed by atoms with E-state index in [0.717, 1.165) is 33.9 Å². The zero-order chi connectivity index (χ0) is 20.3. The lowest BCUT2D eigenvalue weighted by Gasteiger charge is -2.11. The van der Waals surface area contributed by atoms with E-state index in [4.69, 9.17) is 0 Å². The number of carbonyl (C=O) groups excluding carboxylic acids is 2. The highest BCUT2D eigenvalue weighted by Gasteiger charge is 2.13. The van der Waals surface area contributed by atoms with Gasteiger partial charge in [0.15, 0.2) is 5.65 Å². The molecule has 0 saturated carbocycles. The molecule has 0 aliphatic heterocycles. The molecule has 3 aromatic rings. The van der Waals surface area contributed by atoms with E-state index in [1.165, 1.54) is 0 Å². The number of aryl methyl sites for hydroxylation is 3. The van der Waals surface area contributed by atoms with Crippen molar-refractivity contribution in [2.45, 2.75) is 40.2 Å². The van der Waals surface area contributed by atoms with E-state index >= 15 is 0 Å². The number of aromatic nitrogens is 3. The highest BCUT2D eigenvalue weighted by molar-refractivity contribution is 5.94. The van der Waals surface area contributed by atoms with Crippen LogP contribution in [0.2, 0.25) is 0 Å². The minimum atomic E-state index is -0.143. The Bertz CT molecular complexity index is 1040. The smallest absolute Gasteiger partial charge is 0.251 e. The molecule has 1 aromatic carbocycles. The molecule has 3 rings (SSSR count). The Morgan fingerprint density at radius 3 is 2.68 bits per heavy atom. The van der Waals surface area contributed by atoms with E-state index < -0.39 is 0 Å². The largest absolute Gasteiger partial charge is 0.355 e. The third-order valence-electron chi connectivity index (χ3n) is 4.79. The topological polar surface area (TPSA) is 88.4 Å². The van der Waals surface area contributed by atoms with Gasteiger partial charge in [0.2, 0.25) is 5.91 Å². The molecule has 146 valence electrons. The molecule has 0 bridgehead atoms. The summed E-state index contributed by atoms with van der Waals surface area (Å²) in [5, 5.41) is 9.99. The number of carbonyl (C=O) groups is 2. The van der Waals surface area contributed by atoms with Crippen LogP contribution in [0.5, 0.6) is 0 Å². The number of hydrogen-bond donors (Lipinski definition) is 2. The Morgan fingerprint density at radius 2 is 1.93 bits per heavy atom. The SMILES string of the molecule is CNC(=O)c1cccc(CNC(=O)CCc2c(C)nc3cc(C)nn3c2C)c1. The van der Waals surface area contributed by atoms with Gasteiger partial charge < -0.3 is 10.6 Å². The van der Waals surface area contributed by atoms with Crippen molar-refractivity contribution in [3.63, 3.8) is 0 Å². The average Bonchev–Trinajstić information content (AvgIpc) is 3.06. The molecule has 0 unspecified atom stereocenters. The van der Waals surface area contributed by atoms with Crippen molar-refractivity contribution in [1.82, 2.24) is 25.2 Å². The first kappa shape index (κ1) is 19.5. The summed E-state index contributed by atoms with van der Waals surface area (Å²) in [5.41, 5.74) is 6.21. The highest BCUT2D eigenvalue weighted by Crippen LogP contribution is 2.17. The molecule has 7 nitrogen and oxygen atoms in total. The third kappa shape index (κ3) is 4.19. The summed E-state index contributed by atoms with van der Waals surface area (Å²) in [6.07, 6.45) is 0.966. The summed E-state index contributed by atoms with van der Waals surface area (Å²) in [6, 6.07) is 9.18. The van der Waals surface area contributed by atoms with Crippen molar-refractivity contribution in [2.75, 3.05) is 7.05 Å². The Hall–Kier alpha value is -3.22. The summed E-state index contributed by atoms with van der Waals surface area (Å²) in [5.74, 6) is -0.184. The molecule has 0 radical (unpaired) electrons. The van der Waals surface area contributed by atoms with Crippen LogP contribution in [0.4, 0.5) is 0 Å². The van der Waals surface area contributed by atoms with Gasteiger partial charge in [0.1, 0.15) is 0 Å². The van der Waals surface area contributed by atoms with Crippen LogP contribution >= 0.6 is 0 Å². The molecular formula is C21H25N5O2. The number of nitrogens with one attached hydrogen (secondary N) is 2. The van der Waals surface area contributed by atoms with E-state index in [-0.39, 0.29) is 11.8 Å². The Morgan fingerprint density at radius 1 is 1.14 bits per heavy atom. The van der Waals surface area contributed by atoms with Crippen LogP contribution in [0.1, 0.15) is 45.0 Å². The second kappa shape index (κ2) is 8.21. The third-order valence-corrected chi connectivity index (χ3v) is 4.79. The first-order valence-electron chi connectivity index (χ1n) is 9.29. The Kier molecular flexibility index (Phi) is 5.73. The summed E-state index contributed by atoms with van der Waals surface area (Å²) in [6.45, 7) is 6.30. The van der Waals surface area contributed by atoms with E-state index in [1.807, 2.05) is 43.5 Å². The van der Waals surface area contributed by atoms with E-state index in [1.54, 1.807) is 19.2 Å². The molecule has 0 fully saturated rings. The molecule has 7 heteroatoms. The normalized spacial score (nSPS) is 10.9. The van der Waals surface area contributed by atoms with Gasteiger partial charge in [-0.05, 0) is 50.5 Å². The minimum absolute atomic E-state index is 0.0408. The van der Waals surface area contributed by atoms with Crippen LogP contribution in [0, 0.1) is 20.8 Å². The average molecular weight is 379 g/mol. The monoisotopic (exact) mass is 379 g/mol. The molecule has 0 saturated heterocycles. The number of rotatable bonds is 6. The maximum atomic E-state index is 12.3. The fourth-order valence-corrected chi connectivity index (χ4v) is 3.30. The lowest BCUT2D eigenvalue weighted by molar-refractivity contribution is -0.121. The van der Waals surface area contributed by atoms with Crippen molar-refractivity contribution in [2.24, 2.45) is 0 Å². The van der Waals surface area contributed by atoms with Crippen LogP contribution in [0.15, 0.2) is 30.3 Å². The number of amides is 2. The van der Waals surface area contributed by atoms with Gasteiger partial charge in [-0.3, -0.25) is 9.59 Å². The van der Waals surface area contributed by atoms with Crippen LogP contribution in [0.25, 0.3) is 5.65 Å². The number of nitrogens with zero attached hydrogens (tertiary/aromatic N) is 3. The maximum Gasteiger partial charge on any atom is 0.251 e. The molecular weight excluding hydrogens is 354 g/mol. The molecule has 0 aliphatic carbocycles. The lowest BCUT2D eigenvalue weighted by Crippen LogP contribution is -2.24. The summed E-state index contributed by atoms with van der Waals surface area (Å²) in [7, 11) is 1.59. The molecule has 2 heterocycles. The van der Waals surface area contributed by atoms with Gasteiger partial charge in [-0.15, -0.1) is 0 Å². The molecule has 28 heavy (non-hydrogen) atoms. The van der Waals surface area contributed by atoms with E-state index in [9.17, 15) is 9.59 Å². The van der Waals surface area contributed by atoms with Gasteiger partial charge in [-0.1, -0.05) is 12.1 Å². The van der Waals surface area contributed by atoms with Gasteiger partial charge in [-0.2, -0.15) is 5.10 Å². The zero-order valence-electron chi connectivity index (χ0n) is 16.7. The van der Waals surface area contributed by atoms with Gasteiger partial charge >= 0.3 is 0 Å². The van der Waals surface area contributed by atoms with Crippen LogP contribution in [-0.2, 0) is 17.8 Å². The standard InChI is InChI=1S/C21H25N5O2/c1-13-10-19-24-14(2)18(15(3)26(19)25-13)8-9-20(27)23-12-16-6-5-7-17(11-16)21(28)22-4/h5-7,10-11H,8-9,12H2,1-4H3,(H,22,28)(H,23,27). The van der Waals surface area contributed by atoms with Gasteiger partial charge in [-0.25, -0.2) is 9.50 Å². The van der Waals surface area contributed by atoms with Gasteiger partial charge in [0.25, 0.3) is 5.91 Å². The van der Waals surface area contributed by atoms with E-state index in [0.29, 0.717) is 24.9 Å². The molecule has 2 aromatic heterocycles. The lowest BCUT2D eigenvalue weighted by atomic mass is 10.1. The van der Waals surface area contributed by atoms with Crippen molar-refractivity contribution in [3.05, 3.63) is 64.1 Å². The van der Waals surface area contributed by atoms with Crippen molar-refractivity contribution < 1.29 is 9.59 Å². The Labute approximate surface area is 164 Å². The van der Waals surface area contributed by atoms with Gasteiger partial charge in [0.05, 0.1) is 5.69 Å². The molecule has 2 N–H and O–H groups in total. The first-order chi connectivity index (χ1) is 13.4. The minimum Gasteiger partial charge on any atom is -0.355 e. The van der Waals surface area contributed by atoms with Crippen LogP contribution < -0.4 is 10.6 Å². The number of hydrogen-bond acceptors (Lipinski definition) is 4. The number of benzene rings is 1. The predicted molar refractivity (Wildman–Crippen MR) is 107 cm³/mol. The van der Waals surface area contributed by atoms with Crippen molar-refractivity contribution in [3.8, 4) is 0 Å².